The summed E-state index contributed by atoms with van der Waals surface area (Å²) in [4.78, 5) is 16.9. The number of imidazole rings is 1. The van der Waals surface area contributed by atoms with E-state index >= 15 is 0 Å². The summed E-state index contributed by atoms with van der Waals surface area (Å²) in [5.41, 5.74) is 7.76. The molecule has 1 aromatic heterocycles. The molecule has 0 atom stereocenters. The maximum atomic E-state index is 12.5. The molecule has 2 aromatic carbocycles. The molecule has 0 aliphatic carbocycles. The Morgan fingerprint density at radius 3 is 2.19 bits per heavy atom. The molecule has 1 heterocycles. The molecule has 1 amide bonds. The van der Waals surface area contributed by atoms with Gasteiger partial charge in [0, 0.05) is 23.8 Å². The number of anilines is 1. The van der Waals surface area contributed by atoms with Crippen LogP contribution in [0.25, 0.3) is 5.69 Å². The molecule has 3 aromatic rings. The predicted molar refractivity (Wildman–Crippen MR) is 113 cm³/mol. The SMILES string of the molecule is Cc1cc(C)cc(-n2ccnc2SCC(=O)Nc2c(C)cc(C)cc2C)c1. The molecular weight excluding hydrogens is 354 g/mol. The third kappa shape index (κ3) is 4.61. The van der Waals surface area contributed by atoms with Crippen molar-refractivity contribution in [2.75, 3.05) is 11.1 Å². The van der Waals surface area contributed by atoms with Crippen LogP contribution in [0.1, 0.15) is 27.8 Å². The van der Waals surface area contributed by atoms with Crippen LogP contribution >= 0.6 is 11.8 Å². The van der Waals surface area contributed by atoms with Crippen LogP contribution < -0.4 is 5.32 Å². The molecule has 5 heteroatoms. The van der Waals surface area contributed by atoms with Crippen LogP contribution in [0.5, 0.6) is 0 Å². The van der Waals surface area contributed by atoms with E-state index < -0.39 is 0 Å². The fourth-order valence-electron chi connectivity index (χ4n) is 3.37. The Hall–Kier alpha value is -2.53. The molecule has 140 valence electrons. The number of hydrogen-bond acceptors (Lipinski definition) is 3. The number of rotatable bonds is 5. The van der Waals surface area contributed by atoms with E-state index in [0.717, 1.165) is 27.7 Å². The van der Waals surface area contributed by atoms with Crippen LogP contribution in [0.2, 0.25) is 0 Å². The molecule has 0 spiro atoms. The third-order valence-electron chi connectivity index (χ3n) is 4.37. The number of aryl methyl sites for hydroxylation is 5. The van der Waals surface area contributed by atoms with Crippen LogP contribution in [0, 0.1) is 34.6 Å². The summed E-state index contributed by atoms with van der Waals surface area (Å²) < 4.78 is 2.03. The summed E-state index contributed by atoms with van der Waals surface area (Å²) >= 11 is 1.44. The first kappa shape index (κ1) is 19.2. The highest BCUT2D eigenvalue weighted by atomic mass is 32.2. The fourth-order valence-corrected chi connectivity index (χ4v) is 4.14. The number of carbonyl (C=O) groups is 1. The Morgan fingerprint density at radius 2 is 1.56 bits per heavy atom. The van der Waals surface area contributed by atoms with E-state index in [9.17, 15) is 4.79 Å². The molecule has 0 aliphatic heterocycles. The van der Waals surface area contributed by atoms with Crippen molar-refractivity contribution in [2.45, 2.75) is 39.8 Å². The molecule has 0 fully saturated rings. The van der Waals surface area contributed by atoms with Gasteiger partial charge in [-0.1, -0.05) is 35.5 Å². The standard InChI is InChI=1S/C22H25N3OS/c1-14-8-15(2)12-19(11-14)25-7-6-23-22(25)27-13-20(26)24-21-17(4)9-16(3)10-18(21)5/h6-12H,13H2,1-5H3,(H,24,26). The third-order valence-corrected chi connectivity index (χ3v) is 5.33. The van der Waals surface area contributed by atoms with Gasteiger partial charge in [-0.2, -0.15) is 0 Å². The van der Waals surface area contributed by atoms with Gasteiger partial charge >= 0.3 is 0 Å². The van der Waals surface area contributed by atoms with Crippen LogP contribution in [0.3, 0.4) is 0 Å². The van der Waals surface area contributed by atoms with E-state index in [1.54, 1.807) is 6.20 Å². The van der Waals surface area contributed by atoms with Gasteiger partial charge < -0.3 is 5.32 Å². The lowest BCUT2D eigenvalue weighted by Crippen LogP contribution is -2.16. The van der Waals surface area contributed by atoms with Crippen LogP contribution in [0.4, 0.5) is 5.69 Å². The predicted octanol–water partition coefficient (Wildman–Crippen LogP) is 5.15. The molecule has 0 radical (unpaired) electrons. The summed E-state index contributed by atoms with van der Waals surface area (Å²) in [5.74, 6) is 0.291. The van der Waals surface area contributed by atoms with Crippen LogP contribution in [-0.2, 0) is 4.79 Å². The first-order valence-corrected chi connectivity index (χ1v) is 9.94. The Bertz CT molecular complexity index is 948. The summed E-state index contributed by atoms with van der Waals surface area (Å²) in [6, 6.07) is 10.6. The normalized spacial score (nSPS) is 10.9. The van der Waals surface area contributed by atoms with E-state index in [0.29, 0.717) is 5.75 Å². The summed E-state index contributed by atoms with van der Waals surface area (Å²) in [5, 5.41) is 3.86. The zero-order chi connectivity index (χ0) is 19.6. The van der Waals surface area contributed by atoms with Gasteiger partial charge in [0.25, 0.3) is 0 Å². The summed E-state index contributed by atoms with van der Waals surface area (Å²) in [7, 11) is 0. The Balaban J connectivity index is 1.71. The minimum atomic E-state index is -0.0231. The van der Waals surface area contributed by atoms with Crippen molar-refractivity contribution in [3.05, 3.63) is 70.5 Å². The molecule has 0 bridgehead atoms. The zero-order valence-electron chi connectivity index (χ0n) is 16.5. The van der Waals surface area contributed by atoms with E-state index in [4.69, 9.17) is 0 Å². The highest BCUT2D eigenvalue weighted by Crippen LogP contribution is 2.24. The number of hydrogen-bond donors (Lipinski definition) is 1. The molecule has 0 saturated carbocycles. The van der Waals surface area contributed by atoms with Gasteiger partial charge in [0.15, 0.2) is 5.16 Å². The van der Waals surface area contributed by atoms with Gasteiger partial charge in [-0.05, 0) is 69.0 Å². The van der Waals surface area contributed by atoms with Gasteiger partial charge in [-0.15, -0.1) is 0 Å². The average Bonchev–Trinajstić information content (AvgIpc) is 3.04. The Labute approximate surface area is 165 Å². The topological polar surface area (TPSA) is 46.9 Å². The summed E-state index contributed by atoms with van der Waals surface area (Å²) in [6.07, 6.45) is 3.70. The number of carbonyl (C=O) groups excluding carboxylic acids is 1. The zero-order valence-corrected chi connectivity index (χ0v) is 17.3. The van der Waals surface area contributed by atoms with Crippen LogP contribution in [0.15, 0.2) is 47.9 Å². The second-order valence-corrected chi connectivity index (χ2v) is 7.98. The fraction of sp³-hybridized carbons (Fsp3) is 0.273. The number of thioether (sulfide) groups is 1. The number of amides is 1. The second kappa shape index (κ2) is 8.01. The van der Waals surface area contributed by atoms with Crippen molar-refractivity contribution in [2.24, 2.45) is 0 Å². The number of nitrogens with one attached hydrogen (secondary N) is 1. The number of nitrogens with zero attached hydrogens (tertiary/aromatic N) is 2. The number of aromatic nitrogens is 2. The van der Waals surface area contributed by atoms with Crippen molar-refractivity contribution < 1.29 is 4.79 Å². The minimum Gasteiger partial charge on any atom is -0.325 e. The highest BCUT2D eigenvalue weighted by Gasteiger charge is 2.12. The van der Waals surface area contributed by atoms with Gasteiger partial charge in [0.1, 0.15) is 0 Å². The second-order valence-electron chi connectivity index (χ2n) is 7.04. The Morgan fingerprint density at radius 1 is 0.963 bits per heavy atom. The minimum absolute atomic E-state index is 0.0231. The molecule has 27 heavy (non-hydrogen) atoms. The van der Waals surface area contributed by atoms with Gasteiger partial charge in [-0.3, -0.25) is 9.36 Å². The lowest BCUT2D eigenvalue weighted by molar-refractivity contribution is -0.113. The van der Waals surface area contributed by atoms with E-state index in [1.807, 2.05) is 24.6 Å². The maximum Gasteiger partial charge on any atom is 0.234 e. The molecule has 3 rings (SSSR count). The van der Waals surface area contributed by atoms with Crippen molar-refractivity contribution in [1.29, 1.82) is 0 Å². The maximum absolute atomic E-state index is 12.5. The van der Waals surface area contributed by atoms with Crippen molar-refractivity contribution in [3.63, 3.8) is 0 Å². The molecular formula is C22H25N3OS. The van der Waals surface area contributed by atoms with Crippen molar-refractivity contribution in [1.82, 2.24) is 9.55 Å². The smallest absolute Gasteiger partial charge is 0.234 e. The van der Waals surface area contributed by atoms with Crippen LogP contribution in [-0.4, -0.2) is 21.2 Å². The lowest BCUT2D eigenvalue weighted by atomic mass is 10.1. The molecule has 4 nitrogen and oxygen atoms in total. The molecule has 0 unspecified atom stereocenters. The first-order valence-electron chi connectivity index (χ1n) is 8.96. The quantitative estimate of drug-likeness (QED) is 0.624. The molecule has 0 aliphatic rings. The molecule has 1 N–H and O–H groups in total. The van der Waals surface area contributed by atoms with E-state index in [2.05, 4.69) is 61.4 Å². The largest absolute Gasteiger partial charge is 0.325 e. The van der Waals surface area contributed by atoms with E-state index in [1.165, 1.54) is 28.5 Å². The monoisotopic (exact) mass is 379 g/mol. The average molecular weight is 380 g/mol. The van der Waals surface area contributed by atoms with Gasteiger partial charge in [-0.25, -0.2) is 4.98 Å². The summed E-state index contributed by atoms with van der Waals surface area (Å²) in [6.45, 7) is 10.3. The van der Waals surface area contributed by atoms with E-state index in [-0.39, 0.29) is 5.91 Å². The Kier molecular flexibility index (Phi) is 5.71. The highest BCUT2D eigenvalue weighted by molar-refractivity contribution is 7.99. The van der Waals surface area contributed by atoms with Gasteiger partial charge in [0.05, 0.1) is 5.75 Å². The molecule has 0 saturated heterocycles. The first-order chi connectivity index (χ1) is 12.8. The lowest BCUT2D eigenvalue weighted by Gasteiger charge is -2.13. The van der Waals surface area contributed by atoms with Crippen molar-refractivity contribution >= 4 is 23.4 Å². The number of benzene rings is 2. The van der Waals surface area contributed by atoms with Gasteiger partial charge in [0.2, 0.25) is 5.91 Å². The van der Waals surface area contributed by atoms with Crippen molar-refractivity contribution in [3.8, 4) is 5.69 Å².